The molecule has 0 aliphatic carbocycles. The molecule has 5 heteroatoms. The van der Waals surface area contributed by atoms with Gasteiger partial charge in [-0.3, -0.25) is 0 Å². The van der Waals surface area contributed by atoms with Crippen molar-refractivity contribution in [1.29, 1.82) is 0 Å². The zero-order valence-corrected chi connectivity index (χ0v) is 14.3. The second kappa shape index (κ2) is 6.16. The molecule has 25 heavy (non-hydrogen) atoms. The van der Waals surface area contributed by atoms with E-state index in [-0.39, 0.29) is 16.9 Å². The van der Waals surface area contributed by atoms with Crippen molar-refractivity contribution in [2.75, 3.05) is 5.32 Å². The summed E-state index contributed by atoms with van der Waals surface area (Å²) < 4.78 is 13.3. The first-order valence-corrected chi connectivity index (χ1v) is 7.95. The Morgan fingerprint density at radius 3 is 2.36 bits per heavy atom. The number of pyridine rings is 1. The molecule has 3 rings (SSSR count). The van der Waals surface area contributed by atoms with Gasteiger partial charge >= 0.3 is 5.97 Å². The maximum atomic E-state index is 13.3. The fraction of sp³-hybridized carbons (Fsp3) is 0.200. The van der Waals surface area contributed by atoms with Crippen molar-refractivity contribution in [3.63, 3.8) is 0 Å². The Hall–Kier alpha value is -2.95. The number of benzene rings is 2. The molecule has 0 fully saturated rings. The highest BCUT2D eigenvalue weighted by molar-refractivity contribution is 5.96. The fourth-order valence-corrected chi connectivity index (χ4v) is 2.64. The topological polar surface area (TPSA) is 62.2 Å². The Balaban J connectivity index is 2.22. The third kappa shape index (κ3) is 3.76. The van der Waals surface area contributed by atoms with Gasteiger partial charge in [-0.25, -0.2) is 14.2 Å². The third-order valence-corrected chi connectivity index (χ3v) is 3.69. The van der Waals surface area contributed by atoms with Crippen molar-refractivity contribution in [2.24, 2.45) is 0 Å². The van der Waals surface area contributed by atoms with Gasteiger partial charge in [0.15, 0.2) is 0 Å². The summed E-state index contributed by atoms with van der Waals surface area (Å²) in [6, 6.07) is 12.9. The molecule has 4 nitrogen and oxygen atoms in total. The predicted octanol–water partition coefficient (Wildman–Crippen LogP) is 4.95. The lowest BCUT2D eigenvalue weighted by atomic mass is 10.0. The highest BCUT2D eigenvalue weighted by Crippen LogP contribution is 2.32. The van der Waals surface area contributed by atoms with Crippen molar-refractivity contribution in [1.82, 2.24) is 4.98 Å². The number of anilines is 1. The van der Waals surface area contributed by atoms with E-state index in [1.54, 1.807) is 24.3 Å². The highest BCUT2D eigenvalue weighted by Gasteiger charge is 2.16. The number of rotatable bonds is 3. The molecule has 0 aliphatic rings. The van der Waals surface area contributed by atoms with E-state index in [1.807, 2.05) is 26.8 Å². The number of hydrogen-bond acceptors (Lipinski definition) is 3. The minimum absolute atomic E-state index is 0.213. The van der Waals surface area contributed by atoms with Crippen LogP contribution >= 0.6 is 0 Å². The normalized spacial score (nSPS) is 11.5. The number of carbonyl (C=O) groups is 1. The van der Waals surface area contributed by atoms with Gasteiger partial charge in [0, 0.05) is 16.5 Å². The van der Waals surface area contributed by atoms with Gasteiger partial charge in [-0.1, -0.05) is 0 Å². The number of halogens is 1. The van der Waals surface area contributed by atoms with E-state index in [1.165, 1.54) is 18.2 Å². The number of nitrogens with one attached hydrogen (secondary N) is 1. The summed E-state index contributed by atoms with van der Waals surface area (Å²) >= 11 is 0. The standard InChI is InChI=1S/C20H19FN2O2/c1-20(2,3)23-17-11-14-10-13(19(24)25)6-9-16(14)22-18(17)12-4-7-15(21)8-5-12/h4-11,23H,1-3H3,(H,24,25). The molecular weight excluding hydrogens is 319 g/mol. The van der Waals surface area contributed by atoms with Crippen LogP contribution < -0.4 is 5.32 Å². The smallest absolute Gasteiger partial charge is 0.335 e. The van der Waals surface area contributed by atoms with Gasteiger partial charge < -0.3 is 10.4 Å². The number of hydrogen-bond donors (Lipinski definition) is 2. The largest absolute Gasteiger partial charge is 0.478 e. The number of carboxylic acid groups (broad SMARTS) is 1. The van der Waals surface area contributed by atoms with Crippen LogP contribution in [0.25, 0.3) is 22.2 Å². The first-order valence-electron chi connectivity index (χ1n) is 7.95. The van der Waals surface area contributed by atoms with E-state index in [9.17, 15) is 14.3 Å². The Morgan fingerprint density at radius 1 is 1.08 bits per heavy atom. The van der Waals surface area contributed by atoms with Gasteiger partial charge in [0.2, 0.25) is 0 Å². The summed E-state index contributed by atoms with van der Waals surface area (Å²) in [7, 11) is 0. The molecule has 0 saturated carbocycles. The lowest BCUT2D eigenvalue weighted by Gasteiger charge is -2.24. The van der Waals surface area contributed by atoms with Gasteiger partial charge in [-0.2, -0.15) is 0 Å². The van der Waals surface area contributed by atoms with Gasteiger partial charge in [0.1, 0.15) is 5.82 Å². The van der Waals surface area contributed by atoms with Gasteiger partial charge in [-0.15, -0.1) is 0 Å². The summed E-state index contributed by atoms with van der Waals surface area (Å²) in [5.74, 6) is -1.28. The Labute approximate surface area is 145 Å². The summed E-state index contributed by atoms with van der Waals surface area (Å²) in [5.41, 5.74) is 2.94. The minimum atomic E-state index is -0.977. The van der Waals surface area contributed by atoms with E-state index >= 15 is 0 Å². The van der Waals surface area contributed by atoms with E-state index in [0.717, 1.165) is 16.6 Å². The first-order chi connectivity index (χ1) is 11.7. The first kappa shape index (κ1) is 16.9. The Morgan fingerprint density at radius 2 is 1.76 bits per heavy atom. The van der Waals surface area contributed by atoms with Crippen LogP contribution in [0, 0.1) is 5.82 Å². The monoisotopic (exact) mass is 338 g/mol. The predicted molar refractivity (Wildman–Crippen MR) is 97.5 cm³/mol. The van der Waals surface area contributed by atoms with E-state index in [0.29, 0.717) is 11.2 Å². The molecule has 0 spiro atoms. The molecule has 0 radical (unpaired) electrons. The van der Waals surface area contributed by atoms with Crippen molar-refractivity contribution in [2.45, 2.75) is 26.3 Å². The molecule has 2 N–H and O–H groups in total. The molecule has 128 valence electrons. The average Bonchev–Trinajstić information content (AvgIpc) is 2.53. The van der Waals surface area contributed by atoms with Crippen LogP contribution in [0.3, 0.4) is 0 Å². The van der Waals surface area contributed by atoms with Crippen LogP contribution in [0.2, 0.25) is 0 Å². The fourth-order valence-electron chi connectivity index (χ4n) is 2.64. The molecule has 0 saturated heterocycles. The van der Waals surface area contributed by atoms with Crippen LogP contribution in [0.4, 0.5) is 10.1 Å². The zero-order valence-electron chi connectivity index (χ0n) is 14.3. The van der Waals surface area contributed by atoms with Crippen molar-refractivity contribution < 1.29 is 14.3 Å². The maximum absolute atomic E-state index is 13.3. The second-order valence-electron chi connectivity index (χ2n) is 6.98. The molecule has 2 aromatic carbocycles. The molecule has 1 heterocycles. The van der Waals surface area contributed by atoms with Crippen molar-refractivity contribution in [3.8, 4) is 11.3 Å². The van der Waals surface area contributed by atoms with E-state index in [4.69, 9.17) is 0 Å². The molecule has 3 aromatic rings. The Kier molecular flexibility index (Phi) is 4.17. The maximum Gasteiger partial charge on any atom is 0.335 e. The quantitative estimate of drug-likeness (QED) is 0.709. The summed E-state index contributed by atoms with van der Waals surface area (Å²) in [4.78, 5) is 15.9. The molecule has 1 aromatic heterocycles. The number of nitrogens with zero attached hydrogens (tertiary/aromatic N) is 1. The number of aromatic carboxylic acids is 1. The minimum Gasteiger partial charge on any atom is -0.478 e. The van der Waals surface area contributed by atoms with Crippen LogP contribution in [0.5, 0.6) is 0 Å². The van der Waals surface area contributed by atoms with E-state index < -0.39 is 5.97 Å². The number of fused-ring (bicyclic) bond motifs is 1. The number of carboxylic acids is 1. The lowest BCUT2D eigenvalue weighted by Crippen LogP contribution is -2.26. The highest BCUT2D eigenvalue weighted by atomic mass is 19.1. The third-order valence-electron chi connectivity index (χ3n) is 3.69. The average molecular weight is 338 g/mol. The lowest BCUT2D eigenvalue weighted by molar-refractivity contribution is 0.0697. The van der Waals surface area contributed by atoms with Crippen LogP contribution in [0.15, 0.2) is 48.5 Å². The van der Waals surface area contributed by atoms with Crippen molar-refractivity contribution >= 4 is 22.6 Å². The van der Waals surface area contributed by atoms with Crippen LogP contribution in [-0.2, 0) is 0 Å². The van der Waals surface area contributed by atoms with Crippen molar-refractivity contribution in [3.05, 3.63) is 59.9 Å². The molecular formula is C20H19FN2O2. The number of aromatic nitrogens is 1. The Bertz CT molecular complexity index is 944. The summed E-state index contributed by atoms with van der Waals surface area (Å²) in [6.45, 7) is 6.08. The summed E-state index contributed by atoms with van der Waals surface area (Å²) in [5, 5.41) is 13.3. The van der Waals surface area contributed by atoms with Crippen LogP contribution in [0.1, 0.15) is 31.1 Å². The van der Waals surface area contributed by atoms with Crippen LogP contribution in [-0.4, -0.2) is 21.6 Å². The molecule has 0 amide bonds. The molecule has 0 bridgehead atoms. The second-order valence-corrected chi connectivity index (χ2v) is 6.98. The summed E-state index contributed by atoms with van der Waals surface area (Å²) in [6.07, 6.45) is 0. The van der Waals surface area contributed by atoms with Gasteiger partial charge in [0.05, 0.1) is 22.5 Å². The van der Waals surface area contributed by atoms with Gasteiger partial charge in [-0.05, 0) is 69.3 Å². The van der Waals surface area contributed by atoms with E-state index in [2.05, 4.69) is 10.3 Å². The molecule has 0 atom stereocenters. The SMILES string of the molecule is CC(C)(C)Nc1cc2cc(C(=O)O)ccc2nc1-c1ccc(F)cc1. The zero-order chi connectivity index (χ0) is 18.2. The molecule has 0 unspecified atom stereocenters. The molecule has 0 aliphatic heterocycles. The van der Waals surface area contributed by atoms with Gasteiger partial charge in [0.25, 0.3) is 0 Å².